The third-order valence-electron chi connectivity index (χ3n) is 3.76. The topological polar surface area (TPSA) is 95.1 Å². The predicted octanol–water partition coefficient (Wildman–Crippen LogP) is 1.61. The molecule has 6 heteroatoms. The molecule has 0 amide bonds. The van der Waals surface area contributed by atoms with Crippen molar-refractivity contribution < 1.29 is 9.90 Å². The molecule has 0 saturated heterocycles. The number of hydrogen-bond donors (Lipinski definition) is 3. The fourth-order valence-electron chi connectivity index (χ4n) is 2.78. The maximum absolute atomic E-state index is 11.2. The van der Waals surface area contributed by atoms with E-state index in [9.17, 15) is 9.59 Å². The lowest BCUT2D eigenvalue weighted by Crippen LogP contribution is -2.34. The van der Waals surface area contributed by atoms with Gasteiger partial charge in [0, 0.05) is 12.6 Å². The highest BCUT2D eigenvalue weighted by atomic mass is 16.4. The second kappa shape index (κ2) is 5.86. The summed E-state index contributed by atoms with van der Waals surface area (Å²) in [5.74, 6) is -0.262. The van der Waals surface area contributed by atoms with Gasteiger partial charge < -0.3 is 15.4 Å². The van der Waals surface area contributed by atoms with Gasteiger partial charge in [0.05, 0.1) is 12.7 Å². The van der Waals surface area contributed by atoms with Gasteiger partial charge in [-0.05, 0) is 18.3 Å². The number of hydrogen-bond acceptors (Lipinski definition) is 4. The van der Waals surface area contributed by atoms with E-state index in [4.69, 9.17) is 5.11 Å². The van der Waals surface area contributed by atoms with Crippen molar-refractivity contribution in [3.63, 3.8) is 0 Å². The maximum atomic E-state index is 11.2. The number of carboxylic acid groups (broad SMARTS) is 1. The van der Waals surface area contributed by atoms with Crippen LogP contribution in [0.15, 0.2) is 17.2 Å². The van der Waals surface area contributed by atoms with E-state index in [0.29, 0.717) is 12.4 Å². The fraction of sp³-hybridized carbons (Fsp3) is 0.615. The summed E-state index contributed by atoms with van der Waals surface area (Å²) in [4.78, 5) is 28.7. The maximum Gasteiger partial charge on any atom is 0.303 e. The molecule has 6 nitrogen and oxygen atoms in total. The molecule has 1 aliphatic rings. The van der Waals surface area contributed by atoms with Gasteiger partial charge in [-0.3, -0.25) is 9.59 Å². The molecule has 1 aromatic rings. The van der Waals surface area contributed by atoms with Crippen LogP contribution >= 0.6 is 0 Å². The highest BCUT2D eigenvalue weighted by Gasteiger charge is 2.34. The molecule has 104 valence electrons. The number of carboxylic acids is 1. The zero-order valence-electron chi connectivity index (χ0n) is 10.8. The molecule has 3 N–H and O–H groups in total. The second-order valence-electron chi connectivity index (χ2n) is 5.28. The van der Waals surface area contributed by atoms with Crippen molar-refractivity contribution in [2.75, 3.05) is 11.9 Å². The first-order chi connectivity index (χ1) is 9.10. The molecule has 1 aromatic heterocycles. The summed E-state index contributed by atoms with van der Waals surface area (Å²) >= 11 is 0. The smallest absolute Gasteiger partial charge is 0.303 e. The number of rotatable bonds is 5. The van der Waals surface area contributed by atoms with E-state index in [-0.39, 0.29) is 17.4 Å². The van der Waals surface area contributed by atoms with E-state index in [2.05, 4.69) is 15.3 Å². The van der Waals surface area contributed by atoms with Crippen LogP contribution in [-0.4, -0.2) is 27.6 Å². The molecule has 0 aromatic carbocycles. The summed E-state index contributed by atoms with van der Waals surface area (Å²) in [6.45, 7) is 0.551. The normalized spacial score (nSPS) is 17.9. The standard InChI is InChI=1S/C13H19N3O3/c17-11-6-10(15-9-16-11)14-8-13(7-12(18)19)4-2-1-3-5-13/h6,9H,1-5,7-8H2,(H,18,19)(H2,14,15,16,17). The third-order valence-corrected chi connectivity index (χ3v) is 3.76. The Kier molecular flexibility index (Phi) is 4.19. The second-order valence-corrected chi connectivity index (χ2v) is 5.28. The summed E-state index contributed by atoms with van der Waals surface area (Å²) < 4.78 is 0. The molecular formula is C13H19N3O3. The van der Waals surface area contributed by atoms with Crippen LogP contribution in [0.5, 0.6) is 0 Å². The van der Waals surface area contributed by atoms with Crippen LogP contribution in [-0.2, 0) is 4.79 Å². The van der Waals surface area contributed by atoms with E-state index in [0.717, 1.165) is 25.7 Å². The number of aromatic amines is 1. The van der Waals surface area contributed by atoms with Gasteiger partial charge in [0.25, 0.3) is 5.56 Å². The van der Waals surface area contributed by atoms with Gasteiger partial charge in [0.1, 0.15) is 5.82 Å². The predicted molar refractivity (Wildman–Crippen MR) is 71.1 cm³/mol. The van der Waals surface area contributed by atoms with Gasteiger partial charge in [-0.25, -0.2) is 4.98 Å². The summed E-state index contributed by atoms with van der Waals surface area (Å²) in [5.41, 5.74) is -0.428. The Bertz CT molecular complexity index is 492. The number of aromatic nitrogens is 2. The summed E-state index contributed by atoms with van der Waals surface area (Å²) in [6.07, 6.45) is 6.64. The average Bonchev–Trinajstić information content (AvgIpc) is 2.37. The monoisotopic (exact) mass is 265 g/mol. The van der Waals surface area contributed by atoms with Crippen molar-refractivity contribution in [3.8, 4) is 0 Å². The first-order valence-electron chi connectivity index (χ1n) is 6.60. The molecule has 2 rings (SSSR count). The quantitative estimate of drug-likeness (QED) is 0.751. The molecular weight excluding hydrogens is 246 g/mol. The van der Waals surface area contributed by atoms with Crippen molar-refractivity contribution in [3.05, 3.63) is 22.7 Å². The van der Waals surface area contributed by atoms with E-state index in [1.807, 2.05) is 0 Å². The zero-order chi connectivity index (χ0) is 13.7. The first kappa shape index (κ1) is 13.6. The minimum Gasteiger partial charge on any atom is -0.481 e. The minimum atomic E-state index is -0.762. The van der Waals surface area contributed by atoms with Gasteiger partial charge in [0.2, 0.25) is 0 Å². The number of nitrogens with zero attached hydrogens (tertiary/aromatic N) is 1. The highest BCUT2D eigenvalue weighted by molar-refractivity contribution is 5.67. The Morgan fingerprint density at radius 2 is 2.16 bits per heavy atom. The summed E-state index contributed by atoms with van der Waals surface area (Å²) in [6, 6.07) is 1.39. The summed E-state index contributed by atoms with van der Waals surface area (Å²) in [5, 5.41) is 12.2. The largest absolute Gasteiger partial charge is 0.481 e. The third kappa shape index (κ3) is 3.81. The zero-order valence-corrected chi connectivity index (χ0v) is 10.8. The molecule has 0 unspecified atom stereocenters. The van der Waals surface area contributed by atoms with Crippen LogP contribution in [0, 0.1) is 5.41 Å². The van der Waals surface area contributed by atoms with Gasteiger partial charge in [-0.2, -0.15) is 0 Å². The first-order valence-corrected chi connectivity index (χ1v) is 6.60. The molecule has 0 radical (unpaired) electrons. The Morgan fingerprint density at radius 1 is 1.42 bits per heavy atom. The molecule has 0 aliphatic heterocycles. The van der Waals surface area contributed by atoms with Gasteiger partial charge in [-0.15, -0.1) is 0 Å². The van der Waals surface area contributed by atoms with Crippen molar-refractivity contribution in [2.24, 2.45) is 5.41 Å². The van der Waals surface area contributed by atoms with E-state index >= 15 is 0 Å². The van der Waals surface area contributed by atoms with Crippen molar-refractivity contribution in [1.82, 2.24) is 9.97 Å². The van der Waals surface area contributed by atoms with Crippen LogP contribution in [0.4, 0.5) is 5.82 Å². The minimum absolute atomic E-state index is 0.170. The lowest BCUT2D eigenvalue weighted by molar-refractivity contribution is -0.140. The fourth-order valence-corrected chi connectivity index (χ4v) is 2.78. The Hall–Kier alpha value is -1.85. The summed E-state index contributed by atoms with van der Waals surface area (Å²) in [7, 11) is 0. The molecule has 0 spiro atoms. The lowest BCUT2D eigenvalue weighted by atomic mass is 9.72. The average molecular weight is 265 g/mol. The Labute approximate surface area is 111 Å². The van der Waals surface area contributed by atoms with Crippen LogP contribution < -0.4 is 10.9 Å². The Morgan fingerprint density at radius 3 is 2.79 bits per heavy atom. The molecule has 1 fully saturated rings. The van der Waals surface area contributed by atoms with E-state index < -0.39 is 5.97 Å². The van der Waals surface area contributed by atoms with Crippen LogP contribution in [0.1, 0.15) is 38.5 Å². The molecule has 1 heterocycles. The molecule has 1 aliphatic carbocycles. The van der Waals surface area contributed by atoms with Gasteiger partial charge in [0.15, 0.2) is 0 Å². The van der Waals surface area contributed by atoms with Gasteiger partial charge >= 0.3 is 5.97 Å². The molecule has 19 heavy (non-hydrogen) atoms. The Balaban J connectivity index is 2.03. The number of nitrogens with one attached hydrogen (secondary N) is 2. The number of anilines is 1. The van der Waals surface area contributed by atoms with E-state index in [1.54, 1.807) is 0 Å². The number of carbonyl (C=O) groups is 1. The number of H-pyrrole nitrogens is 1. The van der Waals surface area contributed by atoms with Crippen molar-refractivity contribution in [1.29, 1.82) is 0 Å². The lowest BCUT2D eigenvalue weighted by Gasteiger charge is -2.36. The van der Waals surface area contributed by atoms with Crippen molar-refractivity contribution in [2.45, 2.75) is 38.5 Å². The van der Waals surface area contributed by atoms with Gasteiger partial charge in [-0.1, -0.05) is 19.3 Å². The molecule has 0 bridgehead atoms. The van der Waals surface area contributed by atoms with Crippen molar-refractivity contribution >= 4 is 11.8 Å². The molecule has 0 atom stereocenters. The van der Waals surface area contributed by atoms with Crippen LogP contribution in [0.2, 0.25) is 0 Å². The SMILES string of the molecule is O=C(O)CC1(CNc2cc(=O)[nH]cn2)CCCCC1. The van der Waals surface area contributed by atoms with E-state index in [1.165, 1.54) is 18.8 Å². The highest BCUT2D eigenvalue weighted by Crippen LogP contribution is 2.39. The number of aliphatic carboxylic acids is 1. The van der Waals surface area contributed by atoms with Crippen LogP contribution in [0.25, 0.3) is 0 Å². The molecule has 1 saturated carbocycles. The van der Waals surface area contributed by atoms with Crippen LogP contribution in [0.3, 0.4) is 0 Å².